The van der Waals surface area contributed by atoms with E-state index in [9.17, 15) is 22.8 Å². The van der Waals surface area contributed by atoms with Crippen molar-refractivity contribution in [2.75, 3.05) is 13.1 Å². The van der Waals surface area contributed by atoms with Crippen molar-refractivity contribution in [3.63, 3.8) is 0 Å². The van der Waals surface area contributed by atoms with Crippen LogP contribution in [0.15, 0.2) is 18.2 Å². The van der Waals surface area contributed by atoms with Crippen LogP contribution in [0.1, 0.15) is 21.5 Å². The minimum absolute atomic E-state index is 0.0705. The summed E-state index contributed by atoms with van der Waals surface area (Å²) in [4.78, 5) is 22.9. The van der Waals surface area contributed by atoms with E-state index in [-0.39, 0.29) is 10.5 Å². The first-order chi connectivity index (χ1) is 9.10. The van der Waals surface area contributed by atoms with Crippen molar-refractivity contribution in [3.8, 4) is 0 Å². The van der Waals surface area contributed by atoms with Gasteiger partial charge in [-0.2, -0.15) is 13.2 Å². The number of amides is 1. The van der Waals surface area contributed by atoms with Crippen LogP contribution < -0.4 is 0 Å². The molecule has 0 saturated heterocycles. The van der Waals surface area contributed by atoms with E-state index in [2.05, 4.69) is 0 Å². The largest absolute Gasteiger partial charge is 0.480 e. The number of hydrogen-bond acceptors (Lipinski definition) is 2. The van der Waals surface area contributed by atoms with Gasteiger partial charge in [0.15, 0.2) is 0 Å². The lowest BCUT2D eigenvalue weighted by atomic mass is 10.0. The Labute approximate surface area is 113 Å². The summed E-state index contributed by atoms with van der Waals surface area (Å²) in [6, 6.07) is 4.64. The van der Waals surface area contributed by atoms with Gasteiger partial charge in [0.1, 0.15) is 13.1 Å². The van der Waals surface area contributed by atoms with Gasteiger partial charge in [0.25, 0.3) is 5.91 Å². The third-order valence-electron chi connectivity index (χ3n) is 2.60. The molecule has 0 aliphatic rings. The molecule has 7 heteroatoms. The molecule has 0 unspecified atom stereocenters. The maximum Gasteiger partial charge on any atom is 0.406 e. The maximum atomic E-state index is 12.4. The SMILES string of the molecule is Cc1ccc(C(=O)N(CC(=O)O)CC(F)(F)F)c(C)c1. The van der Waals surface area contributed by atoms with Crippen molar-refractivity contribution in [3.05, 3.63) is 34.9 Å². The molecule has 1 aromatic carbocycles. The highest BCUT2D eigenvalue weighted by atomic mass is 19.4. The molecule has 1 amide bonds. The number of alkyl halides is 3. The molecule has 110 valence electrons. The predicted octanol–water partition coefficient (Wildman–Crippen LogP) is 2.39. The topological polar surface area (TPSA) is 57.6 Å². The van der Waals surface area contributed by atoms with Crippen LogP contribution in [0.5, 0.6) is 0 Å². The zero-order valence-corrected chi connectivity index (χ0v) is 11.0. The number of aliphatic carboxylic acids is 1. The van der Waals surface area contributed by atoms with Crippen molar-refractivity contribution in [2.45, 2.75) is 20.0 Å². The molecule has 0 fully saturated rings. The fraction of sp³-hybridized carbons (Fsp3) is 0.385. The number of halogens is 3. The van der Waals surface area contributed by atoms with Gasteiger partial charge in [-0.25, -0.2) is 0 Å². The molecule has 0 atom stereocenters. The molecule has 0 aromatic heterocycles. The Balaban J connectivity index is 3.06. The van der Waals surface area contributed by atoms with Crippen molar-refractivity contribution >= 4 is 11.9 Å². The molecule has 4 nitrogen and oxygen atoms in total. The number of carbonyl (C=O) groups is 2. The molecule has 1 rings (SSSR count). The highest BCUT2D eigenvalue weighted by molar-refractivity contribution is 5.97. The number of nitrogens with zero attached hydrogens (tertiary/aromatic N) is 1. The standard InChI is InChI=1S/C13H14F3NO3/c1-8-3-4-10(9(2)5-8)12(20)17(6-11(18)19)7-13(14,15)16/h3-5H,6-7H2,1-2H3,(H,18,19). The fourth-order valence-corrected chi connectivity index (χ4v) is 1.80. The first-order valence-corrected chi connectivity index (χ1v) is 5.75. The highest BCUT2D eigenvalue weighted by Gasteiger charge is 2.34. The van der Waals surface area contributed by atoms with Crippen molar-refractivity contribution in [1.82, 2.24) is 4.90 Å². The summed E-state index contributed by atoms with van der Waals surface area (Å²) >= 11 is 0. The molecule has 20 heavy (non-hydrogen) atoms. The molecule has 0 aliphatic carbocycles. The van der Waals surface area contributed by atoms with Gasteiger partial charge in [0.05, 0.1) is 0 Å². The maximum absolute atomic E-state index is 12.4. The van der Waals surface area contributed by atoms with Gasteiger partial charge in [0.2, 0.25) is 0 Å². The molecule has 0 aliphatic heterocycles. The Morgan fingerprint density at radius 1 is 1.25 bits per heavy atom. The minimum atomic E-state index is -4.65. The summed E-state index contributed by atoms with van der Waals surface area (Å²) in [6.45, 7) is 0.788. The number of hydrogen-bond donors (Lipinski definition) is 1. The van der Waals surface area contributed by atoms with Crippen LogP contribution in [0, 0.1) is 13.8 Å². The molecule has 0 heterocycles. The Bertz CT molecular complexity index is 526. The Kier molecular flexibility index (Phi) is 4.75. The third kappa shape index (κ3) is 4.56. The second-order valence-corrected chi connectivity index (χ2v) is 4.49. The van der Waals surface area contributed by atoms with E-state index in [4.69, 9.17) is 5.11 Å². The second kappa shape index (κ2) is 5.94. The van der Waals surface area contributed by atoms with Crippen LogP contribution in [0.25, 0.3) is 0 Å². The summed E-state index contributed by atoms with van der Waals surface area (Å²) in [5.41, 5.74) is 1.44. The molecule has 0 spiro atoms. The molecule has 0 radical (unpaired) electrons. The summed E-state index contributed by atoms with van der Waals surface area (Å²) in [5, 5.41) is 8.63. The lowest BCUT2D eigenvalue weighted by Crippen LogP contribution is -2.42. The van der Waals surface area contributed by atoms with Gasteiger partial charge >= 0.3 is 12.1 Å². The van der Waals surface area contributed by atoms with Crippen LogP contribution in [-0.4, -0.2) is 41.1 Å². The van der Waals surface area contributed by atoms with E-state index in [0.29, 0.717) is 5.56 Å². The van der Waals surface area contributed by atoms with Gasteiger partial charge in [-0.3, -0.25) is 9.59 Å². The molecular weight excluding hydrogens is 275 g/mol. The second-order valence-electron chi connectivity index (χ2n) is 4.49. The molecular formula is C13H14F3NO3. The molecule has 0 bridgehead atoms. The third-order valence-corrected chi connectivity index (χ3v) is 2.60. The van der Waals surface area contributed by atoms with Crippen LogP contribution in [0.3, 0.4) is 0 Å². The van der Waals surface area contributed by atoms with Crippen molar-refractivity contribution in [1.29, 1.82) is 0 Å². The van der Waals surface area contributed by atoms with Crippen LogP contribution in [0.2, 0.25) is 0 Å². The Morgan fingerprint density at radius 2 is 1.85 bits per heavy atom. The van der Waals surface area contributed by atoms with Crippen LogP contribution >= 0.6 is 0 Å². The summed E-state index contributed by atoms with van der Waals surface area (Å²) < 4.78 is 37.2. The number of carboxylic acids is 1. The zero-order valence-electron chi connectivity index (χ0n) is 11.0. The summed E-state index contributed by atoms with van der Waals surface area (Å²) in [6.07, 6.45) is -4.65. The average molecular weight is 289 g/mol. The van der Waals surface area contributed by atoms with Crippen LogP contribution in [-0.2, 0) is 4.79 Å². The van der Waals surface area contributed by atoms with E-state index in [1.54, 1.807) is 26.0 Å². The lowest BCUT2D eigenvalue weighted by molar-refractivity contribution is -0.149. The van der Waals surface area contributed by atoms with Gasteiger partial charge in [0, 0.05) is 5.56 Å². The summed E-state index contributed by atoms with van der Waals surface area (Å²) in [7, 11) is 0. The number of benzene rings is 1. The lowest BCUT2D eigenvalue weighted by Gasteiger charge is -2.23. The minimum Gasteiger partial charge on any atom is -0.480 e. The summed E-state index contributed by atoms with van der Waals surface area (Å²) in [5.74, 6) is -2.44. The van der Waals surface area contributed by atoms with E-state index in [1.807, 2.05) is 0 Å². The smallest absolute Gasteiger partial charge is 0.406 e. The van der Waals surface area contributed by atoms with E-state index < -0.39 is 31.1 Å². The quantitative estimate of drug-likeness (QED) is 0.926. The highest BCUT2D eigenvalue weighted by Crippen LogP contribution is 2.19. The monoisotopic (exact) mass is 289 g/mol. The normalized spacial score (nSPS) is 11.2. The van der Waals surface area contributed by atoms with E-state index in [0.717, 1.165) is 5.56 Å². The Hall–Kier alpha value is -2.05. The van der Waals surface area contributed by atoms with Crippen LogP contribution in [0.4, 0.5) is 13.2 Å². The van der Waals surface area contributed by atoms with Gasteiger partial charge in [-0.1, -0.05) is 17.7 Å². The zero-order chi connectivity index (χ0) is 15.5. The van der Waals surface area contributed by atoms with Crippen molar-refractivity contribution < 1.29 is 27.9 Å². The number of aryl methyl sites for hydroxylation is 2. The average Bonchev–Trinajstić information content (AvgIpc) is 2.24. The van der Waals surface area contributed by atoms with Crippen molar-refractivity contribution in [2.24, 2.45) is 0 Å². The van der Waals surface area contributed by atoms with Gasteiger partial charge in [-0.05, 0) is 25.5 Å². The van der Waals surface area contributed by atoms with E-state index in [1.165, 1.54) is 6.07 Å². The first kappa shape index (κ1) is 16.0. The fourth-order valence-electron chi connectivity index (χ4n) is 1.80. The number of carboxylic acid groups (broad SMARTS) is 1. The number of rotatable bonds is 4. The predicted molar refractivity (Wildman–Crippen MR) is 65.5 cm³/mol. The number of carbonyl (C=O) groups excluding carboxylic acids is 1. The van der Waals surface area contributed by atoms with E-state index >= 15 is 0 Å². The molecule has 1 aromatic rings. The van der Waals surface area contributed by atoms with Gasteiger partial charge in [-0.15, -0.1) is 0 Å². The molecule has 0 saturated carbocycles. The first-order valence-electron chi connectivity index (χ1n) is 5.75. The Morgan fingerprint density at radius 3 is 2.30 bits per heavy atom. The molecule has 1 N–H and O–H groups in total. The van der Waals surface area contributed by atoms with Gasteiger partial charge < -0.3 is 10.0 Å².